The van der Waals surface area contributed by atoms with Crippen LogP contribution >= 0.6 is 22.6 Å². The Hall–Kier alpha value is -1.44. The van der Waals surface area contributed by atoms with Crippen molar-refractivity contribution in [2.45, 2.75) is 6.18 Å². The summed E-state index contributed by atoms with van der Waals surface area (Å²) < 4.78 is 39.5. The van der Waals surface area contributed by atoms with Gasteiger partial charge in [0.25, 0.3) is 0 Å². The number of hydrogen-bond acceptors (Lipinski definition) is 2. The Kier molecular flexibility index (Phi) is 3.88. The Morgan fingerprint density at radius 2 is 1.68 bits per heavy atom. The Morgan fingerprint density at radius 1 is 1.00 bits per heavy atom. The molecule has 0 bridgehead atoms. The first-order chi connectivity index (χ1) is 8.88. The highest BCUT2D eigenvalue weighted by Gasteiger charge is 2.33. The quantitative estimate of drug-likeness (QED) is 0.591. The van der Waals surface area contributed by atoms with Crippen LogP contribution in [0.25, 0.3) is 0 Å². The maximum absolute atomic E-state index is 12.8. The van der Waals surface area contributed by atoms with E-state index in [4.69, 9.17) is 5.73 Å². The highest BCUT2D eigenvalue weighted by atomic mass is 127. The molecule has 0 heterocycles. The predicted octanol–water partition coefficient (Wildman–Crippen LogP) is 4.64. The fourth-order valence-electron chi connectivity index (χ4n) is 1.63. The van der Waals surface area contributed by atoms with Gasteiger partial charge in [-0.1, -0.05) is 12.1 Å². The Labute approximate surface area is 122 Å². The summed E-state index contributed by atoms with van der Waals surface area (Å²) in [5.41, 5.74) is 5.92. The molecule has 0 amide bonds. The van der Waals surface area contributed by atoms with Crippen molar-refractivity contribution < 1.29 is 13.2 Å². The number of halogens is 4. The minimum Gasteiger partial charge on any atom is -0.397 e. The van der Waals surface area contributed by atoms with Crippen molar-refractivity contribution in [1.29, 1.82) is 0 Å². The molecule has 0 atom stereocenters. The molecule has 0 aliphatic carbocycles. The fraction of sp³-hybridized carbons (Fsp3) is 0.0769. The van der Waals surface area contributed by atoms with Gasteiger partial charge in [0, 0.05) is 3.57 Å². The maximum atomic E-state index is 12.8. The van der Waals surface area contributed by atoms with Gasteiger partial charge in [-0.2, -0.15) is 13.2 Å². The molecule has 0 aliphatic heterocycles. The lowest BCUT2D eigenvalue weighted by Crippen LogP contribution is -2.09. The summed E-state index contributed by atoms with van der Waals surface area (Å²) in [7, 11) is 0. The SMILES string of the molecule is Nc1cc(I)ccc1Nc1ccccc1C(F)(F)F. The number of alkyl halides is 3. The molecule has 2 aromatic rings. The predicted molar refractivity (Wildman–Crippen MR) is 78.3 cm³/mol. The van der Waals surface area contributed by atoms with Crippen LogP contribution in [0.1, 0.15) is 5.56 Å². The van der Waals surface area contributed by atoms with Gasteiger partial charge in [0.2, 0.25) is 0 Å². The highest BCUT2D eigenvalue weighted by Crippen LogP contribution is 2.36. The molecule has 0 radical (unpaired) electrons. The number of nitrogen functional groups attached to an aromatic ring is 1. The first-order valence-electron chi connectivity index (χ1n) is 5.36. The van der Waals surface area contributed by atoms with Gasteiger partial charge < -0.3 is 11.1 Å². The number of nitrogens with one attached hydrogen (secondary N) is 1. The van der Waals surface area contributed by atoms with E-state index in [1.54, 1.807) is 24.3 Å². The molecule has 2 rings (SSSR count). The van der Waals surface area contributed by atoms with Crippen LogP contribution in [0, 0.1) is 3.57 Å². The zero-order valence-corrected chi connectivity index (χ0v) is 11.8. The lowest BCUT2D eigenvalue weighted by Gasteiger charge is -2.15. The van der Waals surface area contributed by atoms with Crippen LogP contribution in [-0.2, 0) is 6.18 Å². The van der Waals surface area contributed by atoms with Crippen LogP contribution < -0.4 is 11.1 Å². The average Bonchev–Trinajstić information content (AvgIpc) is 2.32. The first-order valence-corrected chi connectivity index (χ1v) is 6.44. The zero-order chi connectivity index (χ0) is 14.0. The molecule has 0 unspecified atom stereocenters. The van der Waals surface area contributed by atoms with Gasteiger partial charge in [-0.05, 0) is 52.9 Å². The van der Waals surface area contributed by atoms with Crippen LogP contribution in [0.3, 0.4) is 0 Å². The van der Waals surface area contributed by atoms with Gasteiger partial charge in [0.15, 0.2) is 0 Å². The molecule has 0 spiro atoms. The molecule has 0 saturated carbocycles. The number of para-hydroxylation sites is 1. The lowest BCUT2D eigenvalue weighted by molar-refractivity contribution is -0.136. The van der Waals surface area contributed by atoms with Crippen LogP contribution in [0.5, 0.6) is 0 Å². The van der Waals surface area contributed by atoms with E-state index in [2.05, 4.69) is 27.9 Å². The first kappa shape index (κ1) is 14.0. The van der Waals surface area contributed by atoms with E-state index in [1.165, 1.54) is 12.1 Å². The third-order valence-electron chi connectivity index (χ3n) is 2.52. The van der Waals surface area contributed by atoms with Gasteiger partial charge in [0.05, 0.1) is 22.6 Å². The largest absolute Gasteiger partial charge is 0.418 e. The van der Waals surface area contributed by atoms with Crippen molar-refractivity contribution in [1.82, 2.24) is 0 Å². The van der Waals surface area contributed by atoms with Crippen molar-refractivity contribution in [2.75, 3.05) is 11.1 Å². The molecule has 0 aromatic heterocycles. The molecule has 2 nitrogen and oxygen atoms in total. The van der Waals surface area contributed by atoms with E-state index in [0.29, 0.717) is 11.4 Å². The highest BCUT2D eigenvalue weighted by molar-refractivity contribution is 14.1. The molecule has 100 valence electrons. The van der Waals surface area contributed by atoms with Crippen LogP contribution in [0.15, 0.2) is 42.5 Å². The normalized spacial score (nSPS) is 11.4. The minimum atomic E-state index is -4.40. The summed E-state index contributed by atoms with van der Waals surface area (Å²) in [5.74, 6) is 0. The molecule has 2 aromatic carbocycles. The summed E-state index contributed by atoms with van der Waals surface area (Å²) in [6.45, 7) is 0. The van der Waals surface area contributed by atoms with Gasteiger partial charge in [-0.3, -0.25) is 0 Å². The zero-order valence-electron chi connectivity index (χ0n) is 9.63. The van der Waals surface area contributed by atoms with E-state index in [9.17, 15) is 13.2 Å². The monoisotopic (exact) mass is 378 g/mol. The van der Waals surface area contributed by atoms with Gasteiger partial charge in [-0.15, -0.1) is 0 Å². The molecule has 0 fully saturated rings. The second-order valence-electron chi connectivity index (χ2n) is 3.90. The lowest BCUT2D eigenvalue weighted by atomic mass is 10.1. The van der Waals surface area contributed by atoms with E-state index in [-0.39, 0.29) is 5.69 Å². The smallest absolute Gasteiger partial charge is 0.397 e. The molecular formula is C13H10F3IN2. The van der Waals surface area contributed by atoms with Crippen molar-refractivity contribution in [3.8, 4) is 0 Å². The summed E-state index contributed by atoms with van der Waals surface area (Å²) in [6, 6.07) is 10.4. The molecule has 3 N–H and O–H groups in total. The maximum Gasteiger partial charge on any atom is 0.418 e. The Balaban J connectivity index is 2.39. The van der Waals surface area contributed by atoms with Crippen LogP contribution in [0.2, 0.25) is 0 Å². The summed E-state index contributed by atoms with van der Waals surface area (Å²) in [6.07, 6.45) is -4.40. The van der Waals surface area contributed by atoms with E-state index >= 15 is 0 Å². The summed E-state index contributed by atoms with van der Waals surface area (Å²) in [4.78, 5) is 0. The number of hydrogen-bond donors (Lipinski definition) is 2. The van der Waals surface area contributed by atoms with Gasteiger partial charge in [0.1, 0.15) is 0 Å². The topological polar surface area (TPSA) is 38.0 Å². The molecule has 0 saturated heterocycles. The van der Waals surface area contributed by atoms with Crippen LogP contribution in [-0.4, -0.2) is 0 Å². The number of benzene rings is 2. The minimum absolute atomic E-state index is 0.0112. The third-order valence-corrected chi connectivity index (χ3v) is 3.19. The molecular weight excluding hydrogens is 368 g/mol. The van der Waals surface area contributed by atoms with E-state index in [1.807, 2.05) is 0 Å². The fourth-order valence-corrected chi connectivity index (χ4v) is 2.15. The average molecular weight is 378 g/mol. The van der Waals surface area contributed by atoms with Crippen molar-refractivity contribution in [3.05, 3.63) is 51.6 Å². The Bertz CT molecular complexity index is 597. The number of nitrogens with two attached hydrogens (primary N) is 1. The van der Waals surface area contributed by atoms with Gasteiger partial charge in [-0.25, -0.2) is 0 Å². The number of anilines is 3. The standard InChI is InChI=1S/C13H10F3IN2/c14-13(15,16)9-3-1-2-4-11(9)19-12-6-5-8(17)7-10(12)18/h1-7,19H,18H2. The van der Waals surface area contributed by atoms with Crippen molar-refractivity contribution >= 4 is 39.7 Å². The van der Waals surface area contributed by atoms with Crippen molar-refractivity contribution in [2.24, 2.45) is 0 Å². The van der Waals surface area contributed by atoms with Crippen LogP contribution in [0.4, 0.5) is 30.2 Å². The van der Waals surface area contributed by atoms with E-state index in [0.717, 1.165) is 9.64 Å². The number of rotatable bonds is 2. The van der Waals surface area contributed by atoms with Crippen molar-refractivity contribution in [3.63, 3.8) is 0 Å². The Morgan fingerprint density at radius 3 is 2.32 bits per heavy atom. The second-order valence-corrected chi connectivity index (χ2v) is 5.15. The summed E-state index contributed by atoms with van der Waals surface area (Å²) >= 11 is 2.08. The molecule has 0 aliphatic rings. The molecule has 19 heavy (non-hydrogen) atoms. The third kappa shape index (κ3) is 3.31. The van der Waals surface area contributed by atoms with E-state index < -0.39 is 11.7 Å². The summed E-state index contributed by atoms with van der Waals surface area (Å²) in [5, 5.41) is 2.73. The van der Waals surface area contributed by atoms with Gasteiger partial charge >= 0.3 is 6.18 Å². The second kappa shape index (κ2) is 5.28. The molecule has 6 heteroatoms.